The zero-order chi connectivity index (χ0) is 19.5. The van der Waals surface area contributed by atoms with Crippen molar-refractivity contribution in [3.8, 4) is 0 Å². The largest absolute Gasteiger partial charge is 0.379 e. The average Bonchev–Trinajstić information content (AvgIpc) is 2.98. The summed E-state index contributed by atoms with van der Waals surface area (Å²) in [4.78, 5) is 7.17. The molecular formula is C19H38IN7O. The van der Waals surface area contributed by atoms with Crippen molar-refractivity contribution < 1.29 is 4.74 Å². The Morgan fingerprint density at radius 1 is 1.14 bits per heavy atom. The van der Waals surface area contributed by atoms with Gasteiger partial charge in [-0.1, -0.05) is 13.8 Å². The summed E-state index contributed by atoms with van der Waals surface area (Å²) in [7, 11) is 1.98. The van der Waals surface area contributed by atoms with Gasteiger partial charge in [0, 0.05) is 33.2 Å². The molecule has 2 N–H and O–H groups in total. The van der Waals surface area contributed by atoms with E-state index >= 15 is 0 Å². The van der Waals surface area contributed by atoms with Crippen molar-refractivity contribution in [1.82, 2.24) is 30.3 Å². The van der Waals surface area contributed by atoms with Crippen LogP contribution in [-0.4, -0.2) is 71.6 Å². The van der Waals surface area contributed by atoms with Crippen molar-refractivity contribution in [3.63, 3.8) is 0 Å². The molecule has 0 aliphatic carbocycles. The van der Waals surface area contributed by atoms with Crippen LogP contribution >= 0.6 is 24.0 Å². The summed E-state index contributed by atoms with van der Waals surface area (Å²) in [5.41, 5.74) is 0. The van der Waals surface area contributed by atoms with E-state index in [-0.39, 0.29) is 24.0 Å². The van der Waals surface area contributed by atoms with E-state index in [0.29, 0.717) is 6.54 Å². The molecule has 0 radical (unpaired) electrons. The first kappa shape index (κ1) is 25.1. The van der Waals surface area contributed by atoms with Crippen LogP contribution in [0.5, 0.6) is 0 Å². The number of rotatable bonds is 10. The quantitative estimate of drug-likeness (QED) is 0.218. The topological polar surface area (TPSA) is 79.6 Å². The lowest BCUT2D eigenvalue weighted by Crippen LogP contribution is -2.41. The predicted molar refractivity (Wildman–Crippen MR) is 124 cm³/mol. The Hall–Kier alpha value is -0.940. The van der Waals surface area contributed by atoms with E-state index in [1.165, 1.54) is 6.42 Å². The van der Waals surface area contributed by atoms with Crippen LogP contribution in [0.3, 0.4) is 0 Å². The number of aromatic nitrogens is 3. The Morgan fingerprint density at radius 3 is 2.43 bits per heavy atom. The average molecular weight is 507 g/mol. The first-order valence-corrected chi connectivity index (χ1v) is 10.2. The number of nitrogens with zero attached hydrogens (tertiary/aromatic N) is 5. The van der Waals surface area contributed by atoms with Crippen LogP contribution in [0, 0.1) is 12.8 Å². The lowest BCUT2D eigenvalue weighted by atomic mass is 10.1. The van der Waals surface area contributed by atoms with Crippen molar-refractivity contribution in [2.45, 2.75) is 46.6 Å². The molecule has 1 aliphatic heterocycles. The minimum Gasteiger partial charge on any atom is -0.379 e. The van der Waals surface area contributed by atoms with Gasteiger partial charge in [0.25, 0.3) is 0 Å². The Labute approximate surface area is 186 Å². The number of hydrogen-bond acceptors (Lipinski definition) is 5. The highest BCUT2D eigenvalue weighted by atomic mass is 127. The van der Waals surface area contributed by atoms with Crippen molar-refractivity contribution in [1.29, 1.82) is 0 Å². The first-order valence-electron chi connectivity index (χ1n) is 10.2. The standard InChI is InChI=1S/C19H37N7O.HI/c1-16(2)7-5-8-20-19(22-15-18-24-23-17(3)25(18)4)21-9-6-10-26-11-13-27-14-12-26;/h16H,5-15H2,1-4H3,(H2,20,21,22);1H. The second-order valence-corrected chi connectivity index (χ2v) is 7.58. The van der Waals surface area contributed by atoms with E-state index in [2.05, 4.69) is 39.6 Å². The van der Waals surface area contributed by atoms with Crippen LogP contribution in [0.15, 0.2) is 4.99 Å². The van der Waals surface area contributed by atoms with Crippen LogP contribution < -0.4 is 10.6 Å². The highest BCUT2D eigenvalue weighted by Gasteiger charge is 2.10. The molecule has 0 saturated carbocycles. The van der Waals surface area contributed by atoms with Gasteiger partial charge in [0.1, 0.15) is 12.4 Å². The van der Waals surface area contributed by atoms with E-state index in [0.717, 1.165) is 82.3 Å². The maximum Gasteiger partial charge on any atom is 0.191 e. The van der Waals surface area contributed by atoms with Crippen LogP contribution in [0.1, 0.15) is 44.8 Å². The van der Waals surface area contributed by atoms with Crippen LogP contribution in [0.2, 0.25) is 0 Å². The normalized spacial score (nSPS) is 15.5. The molecule has 162 valence electrons. The van der Waals surface area contributed by atoms with Gasteiger partial charge in [-0.05, 0) is 38.6 Å². The second kappa shape index (κ2) is 14.1. The molecule has 1 fully saturated rings. The molecule has 0 amide bonds. The molecule has 2 heterocycles. The first-order chi connectivity index (χ1) is 13.1. The Kier molecular flexibility index (Phi) is 12.6. The third-order valence-electron chi connectivity index (χ3n) is 4.86. The number of aryl methyl sites for hydroxylation is 1. The molecule has 28 heavy (non-hydrogen) atoms. The SMILES string of the molecule is Cc1nnc(CN=C(NCCCC(C)C)NCCCN2CCOCC2)n1C.I. The molecule has 1 aromatic rings. The fraction of sp³-hybridized carbons (Fsp3) is 0.842. The third-order valence-corrected chi connectivity index (χ3v) is 4.86. The van der Waals surface area contributed by atoms with Gasteiger partial charge < -0.3 is 19.9 Å². The molecule has 1 saturated heterocycles. The number of halogens is 1. The molecular weight excluding hydrogens is 469 g/mol. The van der Waals surface area contributed by atoms with E-state index in [4.69, 9.17) is 9.73 Å². The maximum absolute atomic E-state index is 5.40. The monoisotopic (exact) mass is 507 g/mol. The molecule has 2 rings (SSSR count). The highest BCUT2D eigenvalue weighted by Crippen LogP contribution is 2.02. The lowest BCUT2D eigenvalue weighted by Gasteiger charge is -2.26. The summed E-state index contributed by atoms with van der Waals surface area (Å²) in [6.07, 6.45) is 3.46. The summed E-state index contributed by atoms with van der Waals surface area (Å²) in [6, 6.07) is 0. The molecule has 0 bridgehead atoms. The zero-order valence-electron chi connectivity index (χ0n) is 17.9. The Morgan fingerprint density at radius 2 is 1.82 bits per heavy atom. The van der Waals surface area contributed by atoms with Crippen LogP contribution in [0.4, 0.5) is 0 Å². The smallest absolute Gasteiger partial charge is 0.191 e. The molecule has 0 unspecified atom stereocenters. The van der Waals surface area contributed by atoms with Gasteiger partial charge in [-0.25, -0.2) is 4.99 Å². The van der Waals surface area contributed by atoms with Crippen molar-refractivity contribution in [2.24, 2.45) is 18.0 Å². The summed E-state index contributed by atoms with van der Waals surface area (Å²) in [5.74, 6) is 3.38. The van der Waals surface area contributed by atoms with Crippen molar-refractivity contribution in [3.05, 3.63) is 11.6 Å². The van der Waals surface area contributed by atoms with Gasteiger partial charge >= 0.3 is 0 Å². The Balaban J connectivity index is 0.00000392. The summed E-state index contributed by atoms with van der Waals surface area (Å²) < 4.78 is 7.39. The molecule has 0 atom stereocenters. The highest BCUT2D eigenvalue weighted by molar-refractivity contribution is 14.0. The summed E-state index contributed by atoms with van der Waals surface area (Å²) in [5, 5.41) is 15.2. The van der Waals surface area contributed by atoms with Crippen molar-refractivity contribution >= 4 is 29.9 Å². The third kappa shape index (κ3) is 9.51. The van der Waals surface area contributed by atoms with Gasteiger partial charge in [0.2, 0.25) is 0 Å². The van der Waals surface area contributed by atoms with E-state index < -0.39 is 0 Å². The fourth-order valence-electron chi connectivity index (χ4n) is 2.96. The number of morpholine rings is 1. The van der Waals surface area contributed by atoms with Crippen LogP contribution in [-0.2, 0) is 18.3 Å². The van der Waals surface area contributed by atoms with Crippen LogP contribution in [0.25, 0.3) is 0 Å². The number of hydrogen-bond donors (Lipinski definition) is 2. The number of aliphatic imine (C=N–C) groups is 1. The molecule has 0 aromatic carbocycles. The number of ether oxygens (including phenoxy) is 1. The Bertz CT molecular complexity index is 571. The minimum absolute atomic E-state index is 0. The lowest BCUT2D eigenvalue weighted by molar-refractivity contribution is 0.0376. The predicted octanol–water partition coefficient (Wildman–Crippen LogP) is 1.94. The van der Waals surface area contributed by atoms with E-state index in [1.807, 2.05) is 18.5 Å². The molecule has 0 spiro atoms. The molecule has 1 aliphatic rings. The van der Waals surface area contributed by atoms with Gasteiger partial charge in [0.15, 0.2) is 11.8 Å². The second-order valence-electron chi connectivity index (χ2n) is 7.58. The van der Waals surface area contributed by atoms with Gasteiger partial charge in [0.05, 0.1) is 13.2 Å². The number of guanidine groups is 1. The van der Waals surface area contributed by atoms with Gasteiger partial charge in [-0.3, -0.25) is 4.90 Å². The molecule has 9 heteroatoms. The van der Waals surface area contributed by atoms with E-state index in [9.17, 15) is 0 Å². The molecule has 8 nitrogen and oxygen atoms in total. The van der Waals surface area contributed by atoms with Gasteiger partial charge in [-0.2, -0.15) is 0 Å². The maximum atomic E-state index is 5.40. The van der Waals surface area contributed by atoms with E-state index in [1.54, 1.807) is 0 Å². The summed E-state index contributed by atoms with van der Waals surface area (Å²) in [6.45, 7) is 13.7. The minimum atomic E-state index is 0. The number of nitrogens with one attached hydrogen (secondary N) is 2. The zero-order valence-corrected chi connectivity index (χ0v) is 20.2. The molecule has 1 aromatic heterocycles. The summed E-state index contributed by atoms with van der Waals surface area (Å²) >= 11 is 0. The fourth-order valence-corrected chi connectivity index (χ4v) is 2.96. The van der Waals surface area contributed by atoms with Gasteiger partial charge in [-0.15, -0.1) is 34.2 Å². The van der Waals surface area contributed by atoms with Crippen molar-refractivity contribution in [2.75, 3.05) is 45.9 Å².